The third-order valence-corrected chi connectivity index (χ3v) is 6.37. The molecular formula is C21H30NO6PS. The van der Waals surface area contributed by atoms with Gasteiger partial charge >= 0.3 is 7.82 Å². The smallest absolute Gasteiger partial charge is 0.469 e. The highest BCUT2D eigenvalue weighted by Gasteiger charge is 2.24. The molecule has 0 aliphatic rings. The molecule has 1 aromatic carbocycles. The van der Waals surface area contributed by atoms with Crippen LogP contribution in [0.1, 0.15) is 52.7 Å². The molecule has 0 aliphatic heterocycles. The van der Waals surface area contributed by atoms with Gasteiger partial charge in [0.25, 0.3) is 0 Å². The third kappa shape index (κ3) is 9.08. The normalized spacial score (nSPS) is 13.8. The van der Waals surface area contributed by atoms with E-state index < -0.39 is 13.4 Å². The summed E-state index contributed by atoms with van der Waals surface area (Å²) in [7, 11) is -2.89. The van der Waals surface area contributed by atoms with E-state index >= 15 is 0 Å². The van der Waals surface area contributed by atoms with E-state index in [4.69, 9.17) is 20.3 Å². The van der Waals surface area contributed by atoms with E-state index in [1.165, 1.54) is 16.9 Å². The number of rotatable bonds is 13. The van der Waals surface area contributed by atoms with Crippen LogP contribution in [0, 0.1) is 0 Å². The molecule has 0 saturated heterocycles. The first-order chi connectivity index (χ1) is 14.1. The van der Waals surface area contributed by atoms with E-state index in [1.54, 1.807) is 14.0 Å². The minimum Gasteiger partial charge on any atom is -0.497 e. The number of ether oxygens (including phenoxy) is 1. The second kappa shape index (κ2) is 11.2. The lowest BCUT2D eigenvalue weighted by Gasteiger charge is -2.24. The first kappa shape index (κ1) is 24.7. The number of phosphoric ester groups is 1. The zero-order valence-electron chi connectivity index (χ0n) is 17.4. The first-order valence-electron chi connectivity index (χ1n) is 9.82. The molecule has 1 aromatic heterocycles. The van der Waals surface area contributed by atoms with E-state index in [1.807, 2.05) is 36.4 Å². The van der Waals surface area contributed by atoms with Crippen LogP contribution in [-0.4, -0.2) is 34.8 Å². The van der Waals surface area contributed by atoms with Crippen molar-refractivity contribution in [1.29, 1.82) is 0 Å². The number of benzene rings is 1. The Morgan fingerprint density at radius 1 is 1.13 bits per heavy atom. The molecule has 30 heavy (non-hydrogen) atoms. The van der Waals surface area contributed by atoms with Gasteiger partial charge in [-0.25, -0.2) is 4.57 Å². The van der Waals surface area contributed by atoms with E-state index in [9.17, 15) is 9.36 Å². The fourth-order valence-corrected chi connectivity index (χ4v) is 4.34. The predicted octanol–water partition coefficient (Wildman–Crippen LogP) is 4.11. The van der Waals surface area contributed by atoms with E-state index in [0.717, 1.165) is 34.8 Å². The Kier molecular flexibility index (Phi) is 9.22. The van der Waals surface area contributed by atoms with Crippen molar-refractivity contribution in [3.05, 3.63) is 51.7 Å². The van der Waals surface area contributed by atoms with Crippen LogP contribution >= 0.6 is 19.2 Å². The molecule has 9 heteroatoms. The van der Waals surface area contributed by atoms with Gasteiger partial charge in [0, 0.05) is 16.8 Å². The fraction of sp³-hybridized carbons (Fsp3) is 0.476. The summed E-state index contributed by atoms with van der Waals surface area (Å²) in [4.78, 5) is 31.8. The molecule has 1 unspecified atom stereocenters. The number of hydrogen-bond acceptors (Lipinski definition) is 6. The Morgan fingerprint density at radius 2 is 1.83 bits per heavy atom. The number of methoxy groups -OCH3 is 1. The first-order valence-corrected chi connectivity index (χ1v) is 12.2. The van der Waals surface area contributed by atoms with Crippen LogP contribution in [0.3, 0.4) is 0 Å². The molecule has 0 amide bonds. The lowest BCUT2D eigenvalue weighted by Crippen LogP contribution is -2.41. The van der Waals surface area contributed by atoms with Crippen molar-refractivity contribution in [3.63, 3.8) is 0 Å². The van der Waals surface area contributed by atoms with Gasteiger partial charge in [0.1, 0.15) is 5.75 Å². The second-order valence-electron chi connectivity index (χ2n) is 7.66. The number of aryl methyl sites for hydroxylation is 2. The Labute approximate surface area is 181 Å². The molecule has 0 fully saturated rings. The van der Waals surface area contributed by atoms with E-state index in [0.29, 0.717) is 19.3 Å². The Bertz CT molecular complexity index is 859. The topological polar surface area (TPSA) is 119 Å². The molecule has 166 valence electrons. The van der Waals surface area contributed by atoms with Crippen LogP contribution < -0.4 is 10.5 Å². The van der Waals surface area contributed by atoms with Crippen LogP contribution in [0.4, 0.5) is 0 Å². The summed E-state index contributed by atoms with van der Waals surface area (Å²) in [6.07, 6.45) is 4.33. The van der Waals surface area contributed by atoms with Gasteiger partial charge in [0.2, 0.25) is 0 Å². The van der Waals surface area contributed by atoms with Gasteiger partial charge in [-0.15, -0.1) is 11.3 Å². The van der Waals surface area contributed by atoms with Crippen molar-refractivity contribution < 1.29 is 28.4 Å². The van der Waals surface area contributed by atoms with Crippen LogP contribution in [0.25, 0.3) is 0 Å². The zero-order chi connectivity index (χ0) is 22.2. The fourth-order valence-electron chi connectivity index (χ4n) is 2.90. The molecule has 0 bridgehead atoms. The molecule has 1 heterocycles. The summed E-state index contributed by atoms with van der Waals surface area (Å²) in [5, 5.41) is 0. The Morgan fingerprint density at radius 3 is 2.47 bits per heavy atom. The number of hydrogen-bond donors (Lipinski definition) is 3. The van der Waals surface area contributed by atoms with Crippen molar-refractivity contribution in [1.82, 2.24) is 0 Å². The summed E-state index contributed by atoms with van der Waals surface area (Å²) in [6, 6.07) is 11.7. The average Bonchev–Trinajstić information content (AvgIpc) is 3.17. The van der Waals surface area contributed by atoms with Gasteiger partial charge in [0.05, 0.1) is 18.6 Å². The maximum absolute atomic E-state index is 12.4. The van der Waals surface area contributed by atoms with Crippen molar-refractivity contribution in [2.24, 2.45) is 5.73 Å². The van der Waals surface area contributed by atoms with E-state index in [2.05, 4.69) is 4.52 Å². The number of nitrogens with two attached hydrogens (primary N) is 1. The minimum atomic E-state index is -4.53. The number of ketones is 1. The molecule has 2 rings (SSSR count). The molecule has 0 spiro atoms. The molecule has 2 aromatic rings. The Balaban J connectivity index is 1.72. The maximum Gasteiger partial charge on any atom is 0.469 e. The Hall–Kier alpha value is -1.54. The van der Waals surface area contributed by atoms with Gasteiger partial charge in [-0.1, -0.05) is 12.1 Å². The lowest BCUT2D eigenvalue weighted by molar-refractivity contribution is 0.0983. The zero-order valence-corrected chi connectivity index (χ0v) is 19.1. The molecule has 0 saturated carbocycles. The molecule has 1 atom stereocenters. The second-order valence-corrected chi connectivity index (χ2v) is 10.1. The maximum atomic E-state index is 12.4. The molecule has 0 aliphatic carbocycles. The molecule has 0 radical (unpaired) electrons. The van der Waals surface area contributed by atoms with Gasteiger partial charge in [0.15, 0.2) is 5.78 Å². The third-order valence-electron chi connectivity index (χ3n) is 4.72. The highest BCUT2D eigenvalue weighted by atomic mass is 32.1. The SMILES string of the molecule is COc1ccc(CCCCC(=O)c2ccc(CCC(C)(N)COP(=O)(O)O)s2)cc1. The number of carbonyl (C=O) groups is 1. The summed E-state index contributed by atoms with van der Waals surface area (Å²) >= 11 is 1.45. The standard InChI is InChI=1S/C21H30NO6PS/c1-21(22,15-28-29(24,25)26)14-13-18-11-12-20(30-18)19(23)6-4-3-5-16-7-9-17(27-2)10-8-16/h7-12H,3-6,13-15,22H2,1-2H3,(H2,24,25,26). The number of carbonyl (C=O) groups excluding carboxylic acids is 1. The van der Waals surface area contributed by atoms with E-state index in [-0.39, 0.29) is 12.4 Å². The van der Waals surface area contributed by atoms with Gasteiger partial charge in [-0.05, 0) is 68.9 Å². The number of Topliss-reactive ketones (excluding diaryl/α,β-unsaturated/α-hetero) is 1. The van der Waals surface area contributed by atoms with Crippen molar-refractivity contribution in [2.45, 2.75) is 51.0 Å². The van der Waals surface area contributed by atoms with Crippen LogP contribution in [0.5, 0.6) is 5.75 Å². The quantitative estimate of drug-likeness (QED) is 0.236. The largest absolute Gasteiger partial charge is 0.497 e. The van der Waals surface area contributed by atoms with Crippen LogP contribution in [-0.2, 0) is 21.9 Å². The number of unbranched alkanes of at least 4 members (excludes halogenated alkanes) is 1. The van der Waals surface area contributed by atoms with Crippen molar-refractivity contribution in [2.75, 3.05) is 13.7 Å². The summed E-state index contributed by atoms with van der Waals surface area (Å²) < 4.78 is 20.5. The highest BCUT2D eigenvalue weighted by Crippen LogP contribution is 2.37. The molecular weight excluding hydrogens is 425 g/mol. The van der Waals surface area contributed by atoms with Crippen LogP contribution in [0.2, 0.25) is 0 Å². The average molecular weight is 456 g/mol. The number of thiophene rings is 1. The van der Waals surface area contributed by atoms with Gasteiger partial charge in [-0.3, -0.25) is 9.32 Å². The summed E-state index contributed by atoms with van der Waals surface area (Å²) in [5.41, 5.74) is 6.41. The predicted molar refractivity (Wildman–Crippen MR) is 118 cm³/mol. The number of phosphoric acid groups is 1. The molecule has 7 nitrogen and oxygen atoms in total. The van der Waals surface area contributed by atoms with Crippen molar-refractivity contribution >= 4 is 24.9 Å². The summed E-state index contributed by atoms with van der Waals surface area (Å²) in [6.45, 7) is 1.45. The summed E-state index contributed by atoms with van der Waals surface area (Å²) in [5.74, 6) is 0.980. The highest BCUT2D eigenvalue weighted by molar-refractivity contribution is 7.46. The van der Waals surface area contributed by atoms with Gasteiger partial charge < -0.3 is 20.3 Å². The monoisotopic (exact) mass is 455 g/mol. The van der Waals surface area contributed by atoms with Crippen LogP contribution in [0.15, 0.2) is 36.4 Å². The lowest BCUT2D eigenvalue weighted by atomic mass is 9.98. The van der Waals surface area contributed by atoms with Crippen molar-refractivity contribution in [3.8, 4) is 5.75 Å². The molecule has 4 N–H and O–H groups in total. The van der Waals surface area contributed by atoms with Gasteiger partial charge in [-0.2, -0.15) is 0 Å². The minimum absolute atomic E-state index is 0.140.